The summed E-state index contributed by atoms with van der Waals surface area (Å²) in [4.78, 5) is 11.1. The number of aromatic nitrogens is 2. The first kappa shape index (κ1) is 20.9. The van der Waals surface area contributed by atoms with Crippen LogP contribution in [0.3, 0.4) is 0 Å². The Bertz CT molecular complexity index is 1340. The SMILES string of the molecule is Cc1ccc(CN(Cc2ccc(O)c3ncccc23)Cc2ccc(O)c3ncccc23)cc1. The number of nitrogens with zero attached hydrogens (tertiary/aromatic N) is 3. The van der Waals surface area contributed by atoms with Crippen molar-refractivity contribution in [2.24, 2.45) is 0 Å². The van der Waals surface area contributed by atoms with Crippen LogP contribution in [0, 0.1) is 6.92 Å². The lowest BCUT2D eigenvalue weighted by Gasteiger charge is -2.24. The second-order valence-corrected chi connectivity index (χ2v) is 8.42. The Balaban J connectivity index is 1.54. The van der Waals surface area contributed by atoms with Crippen molar-refractivity contribution in [1.29, 1.82) is 0 Å². The van der Waals surface area contributed by atoms with Gasteiger partial charge in [0.25, 0.3) is 0 Å². The van der Waals surface area contributed by atoms with Crippen molar-refractivity contribution in [3.05, 3.63) is 107 Å². The van der Waals surface area contributed by atoms with Gasteiger partial charge in [-0.2, -0.15) is 0 Å². The van der Waals surface area contributed by atoms with Crippen molar-refractivity contribution in [3.63, 3.8) is 0 Å². The minimum Gasteiger partial charge on any atom is -0.506 e. The highest BCUT2D eigenvalue weighted by atomic mass is 16.3. The zero-order chi connectivity index (χ0) is 22.8. The molecule has 0 saturated heterocycles. The molecule has 0 spiro atoms. The van der Waals surface area contributed by atoms with Crippen LogP contribution in [0.15, 0.2) is 85.2 Å². The molecule has 164 valence electrons. The summed E-state index contributed by atoms with van der Waals surface area (Å²) in [5.74, 6) is 0.380. The molecule has 3 aromatic carbocycles. The van der Waals surface area contributed by atoms with Gasteiger partial charge in [-0.05, 0) is 47.9 Å². The highest BCUT2D eigenvalue weighted by Gasteiger charge is 2.15. The predicted molar refractivity (Wildman–Crippen MR) is 131 cm³/mol. The van der Waals surface area contributed by atoms with Crippen LogP contribution in [-0.4, -0.2) is 25.1 Å². The van der Waals surface area contributed by atoms with E-state index in [0.717, 1.165) is 28.4 Å². The van der Waals surface area contributed by atoms with Crippen molar-refractivity contribution >= 4 is 21.8 Å². The molecule has 2 N–H and O–H groups in total. The first-order valence-corrected chi connectivity index (χ1v) is 11.0. The lowest BCUT2D eigenvalue weighted by atomic mass is 10.0. The summed E-state index contributed by atoms with van der Waals surface area (Å²) in [7, 11) is 0. The second-order valence-electron chi connectivity index (χ2n) is 8.42. The van der Waals surface area contributed by atoms with E-state index in [1.165, 1.54) is 11.1 Å². The van der Waals surface area contributed by atoms with Gasteiger partial charge in [0.1, 0.15) is 22.5 Å². The van der Waals surface area contributed by atoms with Crippen LogP contribution >= 0.6 is 0 Å². The van der Waals surface area contributed by atoms with E-state index in [0.29, 0.717) is 24.1 Å². The van der Waals surface area contributed by atoms with Crippen LogP contribution in [0.2, 0.25) is 0 Å². The van der Waals surface area contributed by atoms with Crippen LogP contribution in [0.4, 0.5) is 0 Å². The molecule has 0 saturated carbocycles. The molecule has 0 unspecified atom stereocenters. The van der Waals surface area contributed by atoms with Crippen molar-refractivity contribution in [3.8, 4) is 11.5 Å². The number of aryl methyl sites for hydroxylation is 1. The highest BCUT2D eigenvalue weighted by molar-refractivity contribution is 5.88. The van der Waals surface area contributed by atoms with Crippen molar-refractivity contribution in [2.45, 2.75) is 26.6 Å². The molecule has 0 amide bonds. The number of benzene rings is 3. The molecule has 0 fully saturated rings. The van der Waals surface area contributed by atoms with Crippen molar-refractivity contribution < 1.29 is 10.2 Å². The molecule has 2 heterocycles. The van der Waals surface area contributed by atoms with Crippen LogP contribution < -0.4 is 0 Å². The largest absolute Gasteiger partial charge is 0.506 e. The van der Waals surface area contributed by atoms with E-state index >= 15 is 0 Å². The van der Waals surface area contributed by atoms with Gasteiger partial charge >= 0.3 is 0 Å². The molecule has 5 nitrogen and oxygen atoms in total. The van der Waals surface area contributed by atoms with E-state index in [9.17, 15) is 10.2 Å². The number of pyridine rings is 2. The van der Waals surface area contributed by atoms with E-state index in [1.54, 1.807) is 24.5 Å². The third-order valence-electron chi connectivity index (χ3n) is 5.99. The highest BCUT2D eigenvalue weighted by Crippen LogP contribution is 2.30. The minimum absolute atomic E-state index is 0.190. The summed E-state index contributed by atoms with van der Waals surface area (Å²) in [6.45, 7) is 4.20. The number of phenols is 2. The number of rotatable bonds is 6. The number of fused-ring (bicyclic) bond motifs is 2. The monoisotopic (exact) mass is 435 g/mol. The number of aromatic hydroxyl groups is 2. The summed E-state index contributed by atoms with van der Waals surface area (Å²) in [5, 5.41) is 22.4. The third kappa shape index (κ3) is 4.36. The van der Waals surface area contributed by atoms with Gasteiger partial charge in [0, 0.05) is 42.8 Å². The van der Waals surface area contributed by atoms with Crippen LogP contribution in [-0.2, 0) is 19.6 Å². The summed E-state index contributed by atoms with van der Waals surface area (Å²) in [6.07, 6.45) is 3.40. The summed E-state index contributed by atoms with van der Waals surface area (Å²) in [5.41, 5.74) is 5.89. The van der Waals surface area contributed by atoms with Gasteiger partial charge in [0.2, 0.25) is 0 Å². The molecule has 2 aromatic heterocycles. The molecule has 0 aliphatic carbocycles. The quantitative estimate of drug-likeness (QED) is 0.358. The lowest BCUT2D eigenvalue weighted by molar-refractivity contribution is 0.249. The topological polar surface area (TPSA) is 69.5 Å². The molecule has 0 bridgehead atoms. The van der Waals surface area contributed by atoms with Gasteiger partial charge in [-0.25, -0.2) is 0 Å². The van der Waals surface area contributed by atoms with E-state index in [2.05, 4.69) is 46.1 Å². The predicted octanol–water partition coefficient (Wildman–Crippen LogP) is 5.71. The zero-order valence-corrected chi connectivity index (χ0v) is 18.4. The Labute approximate surface area is 192 Å². The zero-order valence-electron chi connectivity index (χ0n) is 18.4. The van der Waals surface area contributed by atoms with E-state index < -0.39 is 0 Å². The first-order chi connectivity index (χ1) is 16.1. The molecule has 0 radical (unpaired) electrons. The van der Waals surface area contributed by atoms with Gasteiger partial charge in [0.05, 0.1) is 0 Å². The first-order valence-electron chi connectivity index (χ1n) is 11.0. The fraction of sp³-hybridized carbons (Fsp3) is 0.143. The fourth-order valence-corrected chi connectivity index (χ4v) is 4.31. The maximum atomic E-state index is 10.3. The van der Waals surface area contributed by atoms with Crippen molar-refractivity contribution in [2.75, 3.05) is 0 Å². The maximum Gasteiger partial charge on any atom is 0.141 e. The summed E-state index contributed by atoms with van der Waals surface area (Å²) >= 11 is 0. The van der Waals surface area contributed by atoms with Gasteiger partial charge in [-0.15, -0.1) is 0 Å². The Morgan fingerprint density at radius 3 is 1.67 bits per heavy atom. The normalized spacial score (nSPS) is 11.5. The lowest BCUT2D eigenvalue weighted by Crippen LogP contribution is -2.22. The average Bonchev–Trinajstić information content (AvgIpc) is 2.84. The van der Waals surface area contributed by atoms with Gasteiger partial charge < -0.3 is 10.2 Å². The molecule has 5 rings (SSSR count). The molecule has 33 heavy (non-hydrogen) atoms. The van der Waals surface area contributed by atoms with E-state index in [1.807, 2.05) is 36.4 Å². The van der Waals surface area contributed by atoms with Gasteiger partial charge in [-0.1, -0.05) is 54.1 Å². The van der Waals surface area contributed by atoms with Gasteiger partial charge in [-0.3, -0.25) is 14.9 Å². The second kappa shape index (κ2) is 8.88. The molecule has 5 heteroatoms. The van der Waals surface area contributed by atoms with Gasteiger partial charge in [0.15, 0.2) is 0 Å². The third-order valence-corrected chi connectivity index (χ3v) is 5.99. The van der Waals surface area contributed by atoms with E-state index in [4.69, 9.17) is 0 Å². The van der Waals surface area contributed by atoms with E-state index in [-0.39, 0.29) is 11.5 Å². The Kier molecular flexibility index (Phi) is 5.63. The van der Waals surface area contributed by atoms with Crippen LogP contribution in [0.1, 0.15) is 22.3 Å². The Hall–Kier alpha value is -3.96. The molecule has 0 aliphatic heterocycles. The summed E-state index contributed by atoms with van der Waals surface area (Å²) in [6, 6.07) is 23.8. The van der Waals surface area contributed by atoms with Crippen molar-refractivity contribution in [1.82, 2.24) is 14.9 Å². The summed E-state index contributed by atoms with van der Waals surface area (Å²) < 4.78 is 0. The molecule has 0 atom stereocenters. The molecule has 5 aromatic rings. The number of hydrogen-bond acceptors (Lipinski definition) is 5. The maximum absolute atomic E-state index is 10.3. The smallest absolute Gasteiger partial charge is 0.141 e. The number of phenolic OH excluding ortho intramolecular Hbond substituents is 2. The standard InChI is InChI=1S/C28H25N3O2/c1-19-6-8-20(9-7-19)16-31(17-21-10-12-25(32)27-23(21)4-2-14-29-27)18-22-11-13-26(33)28-24(22)5-3-15-30-28/h2-15,32-33H,16-18H2,1H3. The number of hydrogen-bond donors (Lipinski definition) is 2. The Morgan fingerprint density at radius 1 is 0.636 bits per heavy atom. The molecular weight excluding hydrogens is 410 g/mol. The average molecular weight is 436 g/mol. The molecule has 0 aliphatic rings. The minimum atomic E-state index is 0.190. The van der Waals surface area contributed by atoms with Crippen LogP contribution in [0.5, 0.6) is 11.5 Å². The fourth-order valence-electron chi connectivity index (χ4n) is 4.31. The molecular formula is C28H25N3O2. The Morgan fingerprint density at radius 2 is 1.15 bits per heavy atom. The van der Waals surface area contributed by atoms with Crippen LogP contribution in [0.25, 0.3) is 21.8 Å².